The van der Waals surface area contributed by atoms with Crippen molar-refractivity contribution < 1.29 is 9.18 Å². The van der Waals surface area contributed by atoms with Crippen LogP contribution in [0.5, 0.6) is 0 Å². The summed E-state index contributed by atoms with van der Waals surface area (Å²) in [5, 5.41) is 0.602. The number of halogens is 3. The number of amidine groups is 1. The summed E-state index contributed by atoms with van der Waals surface area (Å²) in [5.41, 5.74) is 2.42. The van der Waals surface area contributed by atoms with Gasteiger partial charge in [0.05, 0.1) is 5.69 Å². The fraction of sp³-hybridized carbons (Fsp3) is 0. The van der Waals surface area contributed by atoms with Gasteiger partial charge in [0.2, 0.25) is 0 Å². The van der Waals surface area contributed by atoms with E-state index < -0.39 is 0 Å². The molecule has 0 fully saturated rings. The number of nitrogens with zero attached hydrogens (tertiary/aromatic N) is 2. The van der Waals surface area contributed by atoms with Gasteiger partial charge in [0.25, 0.3) is 5.91 Å². The van der Waals surface area contributed by atoms with Gasteiger partial charge in [0.15, 0.2) is 0 Å². The third kappa shape index (κ3) is 3.77. The summed E-state index contributed by atoms with van der Waals surface area (Å²) < 4.78 is 14.0. The first kappa shape index (κ1) is 18.6. The Bertz CT molecular complexity index is 1110. The Kier molecular flexibility index (Phi) is 5.11. The van der Waals surface area contributed by atoms with Crippen molar-refractivity contribution in [3.63, 3.8) is 0 Å². The lowest BCUT2D eigenvalue weighted by molar-refractivity contribution is -0.113. The van der Waals surface area contributed by atoms with Gasteiger partial charge in [-0.1, -0.05) is 45.7 Å². The largest absolute Gasteiger partial charge is 0.282 e. The first-order valence-electron chi connectivity index (χ1n) is 8.43. The van der Waals surface area contributed by atoms with Gasteiger partial charge in [-0.2, -0.15) is 0 Å². The summed E-state index contributed by atoms with van der Waals surface area (Å²) in [5.74, 6) is -0.0819. The highest BCUT2D eigenvalue weighted by molar-refractivity contribution is 9.10. The number of amides is 1. The molecule has 3 aromatic carbocycles. The molecule has 0 saturated heterocycles. The normalized spacial score (nSPS) is 15.2. The van der Waals surface area contributed by atoms with Crippen molar-refractivity contribution in [3.05, 3.63) is 105 Å². The van der Waals surface area contributed by atoms with E-state index in [4.69, 9.17) is 11.6 Å². The molecule has 0 aliphatic carbocycles. The molecule has 4 rings (SSSR count). The zero-order valence-electron chi connectivity index (χ0n) is 14.4. The summed E-state index contributed by atoms with van der Waals surface area (Å²) in [7, 11) is 0. The molecule has 138 valence electrons. The quantitative estimate of drug-likeness (QED) is 0.441. The van der Waals surface area contributed by atoms with E-state index in [-0.39, 0.29) is 17.4 Å². The zero-order chi connectivity index (χ0) is 19.7. The Balaban J connectivity index is 1.82. The van der Waals surface area contributed by atoms with E-state index >= 15 is 0 Å². The average Bonchev–Trinajstić information content (AvgIpc) is 3.00. The Hall–Kier alpha value is -2.76. The molecule has 1 amide bonds. The molecule has 0 aromatic heterocycles. The van der Waals surface area contributed by atoms with Crippen LogP contribution < -0.4 is 4.90 Å². The number of hydrogen-bond acceptors (Lipinski definition) is 2. The first-order valence-corrected chi connectivity index (χ1v) is 9.60. The molecule has 0 atom stereocenters. The molecule has 0 radical (unpaired) electrons. The van der Waals surface area contributed by atoms with E-state index in [0.29, 0.717) is 22.1 Å². The Morgan fingerprint density at radius 1 is 1.00 bits per heavy atom. The van der Waals surface area contributed by atoms with Crippen LogP contribution in [0.15, 0.2) is 88.0 Å². The maximum Gasteiger partial charge on any atom is 0.282 e. The summed E-state index contributed by atoms with van der Waals surface area (Å²) in [6.45, 7) is 0. The van der Waals surface area contributed by atoms with Crippen LogP contribution >= 0.6 is 27.5 Å². The number of rotatable bonds is 3. The number of anilines is 1. The Labute approximate surface area is 174 Å². The maximum absolute atomic E-state index is 13.2. The van der Waals surface area contributed by atoms with Gasteiger partial charge in [-0.3, -0.25) is 9.69 Å². The van der Waals surface area contributed by atoms with E-state index in [0.717, 1.165) is 10.0 Å². The molecule has 0 spiro atoms. The monoisotopic (exact) mass is 454 g/mol. The lowest BCUT2D eigenvalue weighted by Crippen LogP contribution is -2.32. The molecular formula is C22H13BrClFN2O. The second kappa shape index (κ2) is 7.70. The van der Waals surface area contributed by atoms with Gasteiger partial charge in [-0.25, -0.2) is 9.38 Å². The predicted octanol–water partition coefficient (Wildman–Crippen LogP) is 6.08. The summed E-state index contributed by atoms with van der Waals surface area (Å²) in [4.78, 5) is 19.3. The third-order valence-electron chi connectivity index (χ3n) is 4.20. The van der Waals surface area contributed by atoms with Crippen molar-refractivity contribution in [2.24, 2.45) is 4.99 Å². The number of aliphatic imine (C=N–C) groups is 1. The molecule has 3 nitrogen and oxygen atoms in total. The van der Waals surface area contributed by atoms with Crippen LogP contribution in [0.2, 0.25) is 5.02 Å². The number of carbonyl (C=O) groups is 1. The minimum atomic E-state index is -0.332. The lowest BCUT2D eigenvalue weighted by Gasteiger charge is -2.18. The lowest BCUT2D eigenvalue weighted by atomic mass is 10.1. The SMILES string of the molecule is O=C1/C(=C\c2ccc(F)cc2)N=C(c2ccc(Cl)cc2)N1c1cccc(Br)c1. The molecule has 0 bridgehead atoms. The van der Waals surface area contributed by atoms with Gasteiger partial charge in [-0.15, -0.1) is 0 Å². The van der Waals surface area contributed by atoms with E-state index in [1.807, 2.05) is 36.4 Å². The fourth-order valence-corrected chi connectivity index (χ4v) is 3.39. The average molecular weight is 456 g/mol. The standard InChI is InChI=1S/C22H13BrClFN2O/c23-16-2-1-3-19(13-16)27-21(15-6-8-17(24)9-7-15)26-20(22(27)28)12-14-4-10-18(25)11-5-14/h1-13H/b20-12+. The van der Waals surface area contributed by atoms with Gasteiger partial charge < -0.3 is 0 Å². The highest BCUT2D eigenvalue weighted by atomic mass is 79.9. The van der Waals surface area contributed by atoms with E-state index in [9.17, 15) is 9.18 Å². The summed E-state index contributed by atoms with van der Waals surface area (Å²) in [6.07, 6.45) is 1.65. The van der Waals surface area contributed by atoms with Crippen molar-refractivity contribution in [1.29, 1.82) is 0 Å². The highest BCUT2D eigenvalue weighted by Gasteiger charge is 2.32. The number of hydrogen-bond donors (Lipinski definition) is 0. The number of benzene rings is 3. The Morgan fingerprint density at radius 3 is 2.39 bits per heavy atom. The van der Waals surface area contributed by atoms with E-state index in [1.165, 1.54) is 12.1 Å². The second-order valence-corrected chi connectivity index (χ2v) is 7.50. The molecule has 1 aliphatic heterocycles. The van der Waals surface area contributed by atoms with E-state index in [1.54, 1.807) is 35.2 Å². The van der Waals surface area contributed by atoms with Crippen molar-refractivity contribution >= 4 is 51.0 Å². The van der Waals surface area contributed by atoms with E-state index in [2.05, 4.69) is 20.9 Å². The maximum atomic E-state index is 13.2. The van der Waals surface area contributed by atoms with Crippen LogP contribution in [0, 0.1) is 5.82 Å². The molecule has 0 N–H and O–H groups in total. The topological polar surface area (TPSA) is 32.7 Å². The zero-order valence-corrected chi connectivity index (χ0v) is 16.8. The molecular weight excluding hydrogens is 443 g/mol. The third-order valence-corrected chi connectivity index (χ3v) is 4.95. The van der Waals surface area contributed by atoms with Crippen molar-refractivity contribution in [1.82, 2.24) is 0 Å². The molecule has 28 heavy (non-hydrogen) atoms. The van der Waals surface area contributed by atoms with Gasteiger partial charge in [0.1, 0.15) is 17.3 Å². The van der Waals surface area contributed by atoms with Crippen LogP contribution in [0.25, 0.3) is 6.08 Å². The fourth-order valence-electron chi connectivity index (χ4n) is 2.88. The first-order chi connectivity index (χ1) is 13.5. The number of carbonyl (C=O) groups excluding carboxylic acids is 1. The van der Waals surface area contributed by atoms with Crippen molar-refractivity contribution in [2.45, 2.75) is 0 Å². The van der Waals surface area contributed by atoms with Crippen molar-refractivity contribution in [2.75, 3.05) is 4.90 Å². The molecule has 1 aliphatic rings. The van der Waals surface area contributed by atoms with Crippen LogP contribution in [-0.4, -0.2) is 11.7 Å². The van der Waals surface area contributed by atoms with Crippen molar-refractivity contribution in [3.8, 4) is 0 Å². The van der Waals surface area contributed by atoms with Gasteiger partial charge in [-0.05, 0) is 66.2 Å². The molecule has 0 saturated carbocycles. The van der Waals surface area contributed by atoms with Crippen LogP contribution in [0.3, 0.4) is 0 Å². The minimum absolute atomic E-state index is 0.257. The summed E-state index contributed by atoms with van der Waals surface area (Å²) >= 11 is 9.45. The van der Waals surface area contributed by atoms with Gasteiger partial charge in [0, 0.05) is 15.1 Å². The van der Waals surface area contributed by atoms with Crippen LogP contribution in [0.4, 0.5) is 10.1 Å². The van der Waals surface area contributed by atoms with Crippen LogP contribution in [0.1, 0.15) is 11.1 Å². The smallest absolute Gasteiger partial charge is 0.266 e. The molecule has 3 aromatic rings. The molecule has 1 heterocycles. The van der Waals surface area contributed by atoms with Gasteiger partial charge >= 0.3 is 0 Å². The Morgan fingerprint density at radius 2 is 1.71 bits per heavy atom. The predicted molar refractivity (Wildman–Crippen MR) is 114 cm³/mol. The minimum Gasteiger partial charge on any atom is -0.266 e. The molecule has 0 unspecified atom stereocenters. The molecule has 6 heteroatoms. The highest BCUT2D eigenvalue weighted by Crippen LogP contribution is 2.30. The van der Waals surface area contributed by atoms with Crippen LogP contribution in [-0.2, 0) is 4.79 Å². The summed E-state index contributed by atoms with van der Waals surface area (Å²) in [6, 6.07) is 20.5. The second-order valence-electron chi connectivity index (χ2n) is 6.14.